The third-order valence-electron chi connectivity index (χ3n) is 5.67. The van der Waals surface area contributed by atoms with Gasteiger partial charge in [-0.15, -0.1) is 11.3 Å². The van der Waals surface area contributed by atoms with E-state index in [-0.39, 0.29) is 17.7 Å². The minimum absolute atomic E-state index is 0.139. The summed E-state index contributed by atoms with van der Waals surface area (Å²) in [6.07, 6.45) is 3.17. The summed E-state index contributed by atoms with van der Waals surface area (Å²) in [6, 6.07) is 7.76. The molecule has 0 radical (unpaired) electrons. The molecule has 1 heterocycles. The van der Waals surface area contributed by atoms with E-state index >= 15 is 0 Å². The fourth-order valence-corrected chi connectivity index (χ4v) is 5.17. The summed E-state index contributed by atoms with van der Waals surface area (Å²) < 4.78 is 10.5. The molecule has 0 aliphatic heterocycles. The van der Waals surface area contributed by atoms with Crippen LogP contribution < -0.4 is 14.8 Å². The van der Waals surface area contributed by atoms with E-state index in [1.165, 1.54) is 4.88 Å². The Kier molecular flexibility index (Phi) is 6.18. The first-order valence-electron chi connectivity index (χ1n) is 9.82. The van der Waals surface area contributed by atoms with E-state index in [2.05, 4.69) is 32.2 Å². The van der Waals surface area contributed by atoms with Gasteiger partial charge in [-0.3, -0.25) is 4.79 Å². The molecule has 1 aliphatic carbocycles. The fourth-order valence-electron chi connectivity index (χ4n) is 3.88. The second-order valence-corrected chi connectivity index (χ2v) is 9.64. The lowest BCUT2D eigenvalue weighted by atomic mass is 9.72. The number of anilines is 1. The molecule has 1 aromatic carbocycles. The van der Waals surface area contributed by atoms with Crippen LogP contribution >= 0.6 is 11.3 Å². The molecular weight excluding hydrogens is 384 g/mol. The monoisotopic (exact) mass is 412 g/mol. The third kappa shape index (κ3) is 4.56. The number of carbonyl (C=O) groups is 1. The van der Waals surface area contributed by atoms with Crippen molar-refractivity contribution in [2.45, 2.75) is 46.5 Å². The van der Waals surface area contributed by atoms with Gasteiger partial charge in [-0.2, -0.15) is 5.26 Å². The van der Waals surface area contributed by atoms with Gasteiger partial charge in [0.25, 0.3) is 0 Å². The minimum atomic E-state index is -0.139. The van der Waals surface area contributed by atoms with Crippen molar-refractivity contribution in [3.63, 3.8) is 0 Å². The van der Waals surface area contributed by atoms with Crippen LogP contribution in [0.1, 0.15) is 48.8 Å². The first-order valence-corrected chi connectivity index (χ1v) is 10.6. The van der Waals surface area contributed by atoms with Crippen LogP contribution in [0.5, 0.6) is 11.5 Å². The number of hydrogen-bond acceptors (Lipinski definition) is 5. The van der Waals surface area contributed by atoms with Crippen molar-refractivity contribution in [3.05, 3.63) is 39.8 Å². The topological polar surface area (TPSA) is 71.3 Å². The lowest BCUT2D eigenvalue weighted by Crippen LogP contribution is -2.26. The van der Waals surface area contributed by atoms with Crippen molar-refractivity contribution in [1.82, 2.24) is 0 Å². The van der Waals surface area contributed by atoms with Crippen molar-refractivity contribution in [1.29, 1.82) is 5.26 Å². The number of nitrogens with one attached hydrogen (secondary N) is 1. The zero-order valence-corrected chi connectivity index (χ0v) is 18.5. The molecular formula is C23H28N2O3S. The molecule has 1 N–H and O–H groups in total. The molecule has 29 heavy (non-hydrogen) atoms. The first kappa shape index (κ1) is 21.2. The quantitative estimate of drug-likeness (QED) is 0.753. The van der Waals surface area contributed by atoms with Gasteiger partial charge in [-0.25, -0.2) is 0 Å². The average molecular weight is 413 g/mol. The molecule has 1 amide bonds. The van der Waals surface area contributed by atoms with E-state index in [0.29, 0.717) is 28.0 Å². The summed E-state index contributed by atoms with van der Waals surface area (Å²) >= 11 is 1.56. The molecule has 0 saturated heterocycles. The number of nitrogens with zero attached hydrogens (tertiary/aromatic N) is 1. The fraction of sp³-hybridized carbons (Fsp3) is 0.478. The predicted octanol–water partition coefficient (Wildman–Crippen LogP) is 4.97. The molecule has 5 nitrogen and oxygen atoms in total. The molecule has 3 rings (SSSR count). The molecule has 1 aliphatic rings. The van der Waals surface area contributed by atoms with E-state index in [9.17, 15) is 10.1 Å². The van der Waals surface area contributed by atoms with Crippen LogP contribution in [0.2, 0.25) is 0 Å². The van der Waals surface area contributed by atoms with Crippen LogP contribution in [0.15, 0.2) is 18.2 Å². The second-order valence-electron chi connectivity index (χ2n) is 8.54. The van der Waals surface area contributed by atoms with Gasteiger partial charge in [0.05, 0.1) is 26.2 Å². The van der Waals surface area contributed by atoms with Gasteiger partial charge in [-0.05, 0) is 53.9 Å². The van der Waals surface area contributed by atoms with Crippen LogP contribution in [-0.2, 0) is 24.1 Å². The summed E-state index contributed by atoms with van der Waals surface area (Å²) in [4.78, 5) is 13.9. The Morgan fingerprint density at radius 1 is 1.28 bits per heavy atom. The normalized spacial score (nSPS) is 15.9. The Balaban J connectivity index is 1.76. The van der Waals surface area contributed by atoms with Gasteiger partial charge in [0.1, 0.15) is 11.1 Å². The minimum Gasteiger partial charge on any atom is -0.493 e. The average Bonchev–Trinajstić information content (AvgIpc) is 3.02. The number of thiophene rings is 1. The van der Waals surface area contributed by atoms with Crippen molar-refractivity contribution < 1.29 is 14.3 Å². The second kappa shape index (κ2) is 8.46. The number of ether oxygens (including phenoxy) is 2. The summed E-state index contributed by atoms with van der Waals surface area (Å²) in [6.45, 7) is 6.81. The maximum atomic E-state index is 12.7. The van der Waals surface area contributed by atoms with Crippen LogP contribution in [0, 0.1) is 22.7 Å². The summed E-state index contributed by atoms with van der Waals surface area (Å²) in [5.74, 6) is 1.67. The van der Waals surface area contributed by atoms with Crippen molar-refractivity contribution >= 4 is 22.2 Å². The zero-order valence-electron chi connectivity index (χ0n) is 17.7. The van der Waals surface area contributed by atoms with E-state index in [1.54, 1.807) is 37.7 Å². The number of rotatable bonds is 5. The van der Waals surface area contributed by atoms with Crippen LogP contribution in [-0.4, -0.2) is 20.1 Å². The maximum Gasteiger partial charge on any atom is 0.229 e. The van der Waals surface area contributed by atoms with Gasteiger partial charge in [-0.1, -0.05) is 26.8 Å². The van der Waals surface area contributed by atoms with Crippen LogP contribution in [0.25, 0.3) is 0 Å². The van der Waals surface area contributed by atoms with Gasteiger partial charge in [0, 0.05) is 4.88 Å². The Labute approximate surface area is 176 Å². The van der Waals surface area contributed by atoms with Gasteiger partial charge in [0.2, 0.25) is 5.91 Å². The molecule has 1 atom stereocenters. The van der Waals surface area contributed by atoms with Gasteiger partial charge in [0.15, 0.2) is 11.5 Å². The molecule has 0 spiro atoms. The standard InChI is InChI=1S/C23H28N2O3S/c1-23(2,3)15-7-8-16-17(13-24)22(29-20(16)12-15)25-21(26)11-14-6-9-18(27-4)19(10-14)28-5/h6,9-10,15H,7-8,11-12H2,1-5H3,(H,25,26)/t15-/m0/s1. The lowest BCUT2D eigenvalue weighted by molar-refractivity contribution is -0.115. The maximum absolute atomic E-state index is 12.7. The summed E-state index contributed by atoms with van der Waals surface area (Å²) in [5, 5.41) is 13.3. The highest BCUT2D eigenvalue weighted by Crippen LogP contribution is 2.44. The highest BCUT2D eigenvalue weighted by atomic mass is 32.1. The first-order chi connectivity index (χ1) is 13.8. The molecule has 0 bridgehead atoms. The number of carbonyl (C=O) groups excluding carboxylic acids is 1. The number of nitriles is 1. The highest BCUT2D eigenvalue weighted by molar-refractivity contribution is 7.16. The molecule has 1 aromatic heterocycles. The highest BCUT2D eigenvalue weighted by Gasteiger charge is 2.32. The number of methoxy groups -OCH3 is 2. The number of fused-ring (bicyclic) bond motifs is 1. The Bertz CT molecular complexity index is 950. The van der Waals surface area contributed by atoms with Crippen molar-refractivity contribution in [2.75, 3.05) is 19.5 Å². The van der Waals surface area contributed by atoms with E-state index in [1.807, 2.05) is 6.07 Å². The van der Waals surface area contributed by atoms with E-state index in [0.717, 1.165) is 30.4 Å². The van der Waals surface area contributed by atoms with Crippen molar-refractivity contribution in [2.24, 2.45) is 11.3 Å². The molecule has 6 heteroatoms. The predicted molar refractivity (Wildman–Crippen MR) is 116 cm³/mol. The third-order valence-corrected chi connectivity index (χ3v) is 6.84. The smallest absolute Gasteiger partial charge is 0.229 e. The SMILES string of the molecule is COc1ccc(CC(=O)Nc2sc3c(c2C#N)CC[C@H](C(C)(C)C)C3)cc1OC. The molecule has 0 fully saturated rings. The molecule has 0 unspecified atom stereocenters. The Hall–Kier alpha value is -2.52. The Morgan fingerprint density at radius 2 is 2.00 bits per heavy atom. The number of benzene rings is 1. The number of amides is 1. The van der Waals surface area contributed by atoms with Crippen molar-refractivity contribution in [3.8, 4) is 17.6 Å². The molecule has 2 aromatic rings. The Morgan fingerprint density at radius 3 is 2.62 bits per heavy atom. The van der Waals surface area contributed by atoms with Gasteiger partial charge < -0.3 is 14.8 Å². The zero-order chi connectivity index (χ0) is 21.2. The summed E-state index contributed by atoms with van der Waals surface area (Å²) in [5.41, 5.74) is 2.83. The summed E-state index contributed by atoms with van der Waals surface area (Å²) in [7, 11) is 3.15. The largest absolute Gasteiger partial charge is 0.493 e. The molecule has 0 saturated carbocycles. The van der Waals surface area contributed by atoms with Crippen LogP contribution in [0.4, 0.5) is 5.00 Å². The number of hydrogen-bond donors (Lipinski definition) is 1. The molecule has 154 valence electrons. The van der Waals surface area contributed by atoms with Crippen LogP contribution in [0.3, 0.4) is 0 Å². The van der Waals surface area contributed by atoms with Gasteiger partial charge >= 0.3 is 0 Å². The van der Waals surface area contributed by atoms with E-state index < -0.39 is 0 Å². The van der Waals surface area contributed by atoms with E-state index in [4.69, 9.17) is 9.47 Å². The lowest BCUT2D eigenvalue weighted by Gasteiger charge is -2.33.